The molecule has 0 fully saturated rings. The highest BCUT2D eigenvalue weighted by molar-refractivity contribution is 5.91. The lowest BCUT2D eigenvalue weighted by Gasteiger charge is -2.08. The van der Waals surface area contributed by atoms with Crippen molar-refractivity contribution in [2.24, 2.45) is 5.92 Å². The van der Waals surface area contributed by atoms with Gasteiger partial charge >= 0.3 is 5.97 Å². The molecule has 0 spiro atoms. The molecule has 0 aromatic carbocycles. The van der Waals surface area contributed by atoms with Gasteiger partial charge in [0, 0.05) is 13.2 Å². The Hall–Kier alpha value is -1.56. The molecular formula is C11H19N3O3. The summed E-state index contributed by atoms with van der Waals surface area (Å²) >= 11 is 0. The number of imidazole rings is 1. The van der Waals surface area contributed by atoms with Gasteiger partial charge in [-0.3, -0.25) is 0 Å². The number of rotatable bonds is 6. The number of carbonyl (C=O) groups excluding carboxylic acids is 1. The van der Waals surface area contributed by atoms with Crippen molar-refractivity contribution in [1.29, 1.82) is 0 Å². The fraction of sp³-hybridized carbons (Fsp3) is 0.636. The molecule has 0 aliphatic rings. The van der Waals surface area contributed by atoms with Crippen LogP contribution in [0.2, 0.25) is 0 Å². The van der Waals surface area contributed by atoms with E-state index >= 15 is 0 Å². The molecule has 2 N–H and O–H groups in total. The molecule has 17 heavy (non-hydrogen) atoms. The summed E-state index contributed by atoms with van der Waals surface area (Å²) in [6.45, 7) is 5.99. The third-order valence-electron chi connectivity index (χ3n) is 2.18. The summed E-state index contributed by atoms with van der Waals surface area (Å²) in [5, 5.41) is 0. The molecule has 1 rings (SSSR count). The Morgan fingerprint density at radius 3 is 2.88 bits per heavy atom. The minimum atomic E-state index is -0.524. The predicted octanol–water partition coefficient (Wildman–Crippen LogP) is 0.925. The first-order chi connectivity index (χ1) is 8.06. The van der Waals surface area contributed by atoms with E-state index in [-0.39, 0.29) is 5.69 Å². The summed E-state index contributed by atoms with van der Waals surface area (Å²) in [4.78, 5) is 15.2. The Morgan fingerprint density at radius 2 is 2.29 bits per heavy atom. The van der Waals surface area contributed by atoms with Gasteiger partial charge in [-0.05, 0) is 5.92 Å². The van der Waals surface area contributed by atoms with Crippen molar-refractivity contribution in [1.82, 2.24) is 9.55 Å². The molecule has 96 valence electrons. The topological polar surface area (TPSA) is 79.4 Å². The van der Waals surface area contributed by atoms with Crippen LogP contribution in [-0.2, 0) is 16.0 Å². The smallest absolute Gasteiger partial charge is 0.360 e. The summed E-state index contributed by atoms with van der Waals surface area (Å²) in [5.74, 6) is 0.287. The number of nitrogen functional groups attached to an aromatic ring is 1. The van der Waals surface area contributed by atoms with Crippen LogP contribution in [0.1, 0.15) is 24.3 Å². The molecule has 0 saturated heterocycles. The molecule has 1 heterocycles. The van der Waals surface area contributed by atoms with E-state index < -0.39 is 5.97 Å². The number of anilines is 1. The number of hydrogen-bond donors (Lipinski definition) is 1. The van der Waals surface area contributed by atoms with E-state index in [1.54, 1.807) is 4.57 Å². The van der Waals surface area contributed by atoms with Crippen LogP contribution >= 0.6 is 0 Å². The highest BCUT2D eigenvalue weighted by Crippen LogP contribution is 2.10. The maximum absolute atomic E-state index is 11.3. The van der Waals surface area contributed by atoms with E-state index in [4.69, 9.17) is 10.5 Å². The number of ether oxygens (including phenoxy) is 2. The van der Waals surface area contributed by atoms with Crippen molar-refractivity contribution in [3.63, 3.8) is 0 Å². The zero-order chi connectivity index (χ0) is 12.8. The first-order valence-corrected chi connectivity index (χ1v) is 5.53. The van der Waals surface area contributed by atoms with Crippen LogP contribution in [-0.4, -0.2) is 35.8 Å². The van der Waals surface area contributed by atoms with E-state index in [1.807, 2.05) is 0 Å². The number of nitrogens with two attached hydrogens (primary N) is 1. The molecule has 0 saturated carbocycles. The molecule has 0 aliphatic heterocycles. The fourth-order valence-corrected chi connectivity index (χ4v) is 1.31. The summed E-state index contributed by atoms with van der Waals surface area (Å²) in [7, 11) is 1.30. The van der Waals surface area contributed by atoms with Gasteiger partial charge in [-0.15, -0.1) is 0 Å². The maximum atomic E-state index is 11.3. The van der Waals surface area contributed by atoms with E-state index in [1.165, 1.54) is 13.4 Å². The Balaban J connectivity index is 2.50. The first kappa shape index (κ1) is 13.5. The minimum absolute atomic E-state index is 0.149. The van der Waals surface area contributed by atoms with Gasteiger partial charge < -0.3 is 19.8 Å². The highest BCUT2D eigenvalue weighted by Gasteiger charge is 2.15. The lowest BCUT2D eigenvalue weighted by atomic mass is 10.2. The van der Waals surface area contributed by atoms with E-state index in [2.05, 4.69) is 23.6 Å². The van der Waals surface area contributed by atoms with Gasteiger partial charge in [0.2, 0.25) is 0 Å². The van der Waals surface area contributed by atoms with Gasteiger partial charge in [0.15, 0.2) is 5.69 Å². The molecule has 6 nitrogen and oxygen atoms in total. The maximum Gasteiger partial charge on any atom is 0.360 e. The van der Waals surface area contributed by atoms with Crippen molar-refractivity contribution >= 4 is 11.8 Å². The monoisotopic (exact) mass is 241 g/mol. The SMILES string of the molecule is COC(=O)c1ncn(CCOCC(C)C)c1N. The normalized spacial score (nSPS) is 10.8. The van der Waals surface area contributed by atoms with Crippen molar-refractivity contribution in [2.75, 3.05) is 26.1 Å². The van der Waals surface area contributed by atoms with Crippen LogP contribution in [0, 0.1) is 5.92 Å². The molecule has 0 atom stereocenters. The lowest BCUT2D eigenvalue weighted by molar-refractivity contribution is 0.0595. The molecule has 0 aliphatic carbocycles. The largest absolute Gasteiger partial charge is 0.464 e. The average Bonchev–Trinajstić information content (AvgIpc) is 2.65. The Labute approximate surface area is 101 Å². The van der Waals surface area contributed by atoms with Gasteiger partial charge in [-0.25, -0.2) is 9.78 Å². The Bertz CT molecular complexity index is 374. The predicted molar refractivity (Wildman–Crippen MR) is 63.6 cm³/mol. The Kier molecular flexibility index (Phi) is 4.96. The number of aromatic nitrogens is 2. The molecule has 0 amide bonds. The molecule has 1 aromatic rings. The summed E-state index contributed by atoms with van der Waals surface area (Å²) < 4.78 is 11.7. The fourth-order valence-electron chi connectivity index (χ4n) is 1.31. The third kappa shape index (κ3) is 3.74. The van der Waals surface area contributed by atoms with Crippen LogP contribution in [0.15, 0.2) is 6.33 Å². The minimum Gasteiger partial charge on any atom is -0.464 e. The van der Waals surface area contributed by atoms with E-state index in [0.29, 0.717) is 31.5 Å². The molecular weight excluding hydrogens is 222 g/mol. The number of carbonyl (C=O) groups is 1. The van der Waals surface area contributed by atoms with E-state index in [9.17, 15) is 4.79 Å². The lowest BCUT2D eigenvalue weighted by Crippen LogP contribution is -2.12. The second-order valence-electron chi connectivity index (χ2n) is 4.13. The number of methoxy groups -OCH3 is 1. The summed E-state index contributed by atoms with van der Waals surface area (Å²) in [6, 6.07) is 0. The average molecular weight is 241 g/mol. The van der Waals surface area contributed by atoms with Gasteiger partial charge in [-0.2, -0.15) is 0 Å². The first-order valence-electron chi connectivity index (χ1n) is 5.53. The number of esters is 1. The zero-order valence-corrected chi connectivity index (χ0v) is 10.5. The molecule has 1 aromatic heterocycles. The molecule has 6 heteroatoms. The number of nitrogens with zero attached hydrogens (tertiary/aromatic N) is 2. The summed E-state index contributed by atoms with van der Waals surface area (Å²) in [5.41, 5.74) is 5.92. The Morgan fingerprint density at radius 1 is 1.59 bits per heavy atom. The van der Waals surface area contributed by atoms with Crippen LogP contribution in [0.4, 0.5) is 5.82 Å². The van der Waals surface area contributed by atoms with Crippen LogP contribution in [0.3, 0.4) is 0 Å². The van der Waals surface area contributed by atoms with Crippen LogP contribution in [0.25, 0.3) is 0 Å². The van der Waals surface area contributed by atoms with Crippen molar-refractivity contribution in [3.8, 4) is 0 Å². The third-order valence-corrected chi connectivity index (χ3v) is 2.18. The van der Waals surface area contributed by atoms with Gasteiger partial charge in [-0.1, -0.05) is 13.8 Å². The van der Waals surface area contributed by atoms with Crippen LogP contribution in [0.5, 0.6) is 0 Å². The van der Waals surface area contributed by atoms with Crippen molar-refractivity contribution < 1.29 is 14.3 Å². The summed E-state index contributed by atoms with van der Waals surface area (Å²) in [6.07, 6.45) is 1.51. The van der Waals surface area contributed by atoms with E-state index in [0.717, 1.165) is 0 Å². The van der Waals surface area contributed by atoms with Gasteiger partial charge in [0.1, 0.15) is 5.82 Å². The number of hydrogen-bond acceptors (Lipinski definition) is 5. The highest BCUT2D eigenvalue weighted by atomic mass is 16.5. The van der Waals surface area contributed by atoms with Gasteiger partial charge in [0.25, 0.3) is 0 Å². The standard InChI is InChI=1S/C11H19N3O3/c1-8(2)6-17-5-4-14-7-13-9(10(14)12)11(15)16-3/h7-8H,4-6,12H2,1-3H3. The quantitative estimate of drug-likeness (QED) is 0.592. The second kappa shape index (κ2) is 6.24. The second-order valence-corrected chi connectivity index (χ2v) is 4.13. The molecule has 0 radical (unpaired) electrons. The van der Waals surface area contributed by atoms with Crippen molar-refractivity contribution in [2.45, 2.75) is 20.4 Å². The van der Waals surface area contributed by atoms with Gasteiger partial charge in [0.05, 0.1) is 20.0 Å². The molecule has 0 bridgehead atoms. The zero-order valence-electron chi connectivity index (χ0n) is 10.5. The van der Waals surface area contributed by atoms with Crippen LogP contribution < -0.4 is 5.73 Å². The van der Waals surface area contributed by atoms with Crippen molar-refractivity contribution in [3.05, 3.63) is 12.0 Å². The molecule has 0 unspecified atom stereocenters.